The molecule has 0 aromatic rings. The average molecular weight is 190 g/mol. The Kier molecular flexibility index (Phi) is 2.14. The van der Waals surface area contributed by atoms with Gasteiger partial charge in [-0.2, -0.15) is 0 Å². The molecule has 0 amide bonds. The van der Waals surface area contributed by atoms with E-state index in [1.807, 2.05) is 13.8 Å². The van der Waals surface area contributed by atoms with Gasteiger partial charge in [-0.25, -0.2) is 0 Å². The molecule has 0 radical (unpaired) electrons. The molecular formula is C7H14N2O2S. The minimum Gasteiger partial charge on any atom is -0.480 e. The summed E-state index contributed by atoms with van der Waals surface area (Å²) in [4.78, 5) is 10.1. The van der Waals surface area contributed by atoms with Crippen LogP contribution < -0.4 is 11.1 Å². The molecule has 2 unspecified atom stereocenters. The number of hydrogen-bond donors (Lipinski definition) is 3. The predicted octanol–water partition coefficient (Wildman–Crippen LogP) is 0.187. The first-order valence-electron chi connectivity index (χ1n) is 3.74. The minimum absolute atomic E-state index is 0.352. The monoisotopic (exact) mass is 190 g/mol. The van der Waals surface area contributed by atoms with Crippen LogP contribution in [0.15, 0.2) is 0 Å². The van der Waals surface area contributed by atoms with E-state index in [4.69, 9.17) is 10.8 Å². The Labute approximate surface area is 75.9 Å². The molecule has 5 heteroatoms. The first-order chi connectivity index (χ1) is 5.25. The Bertz CT molecular complexity index is 215. The van der Waals surface area contributed by atoms with Crippen LogP contribution >= 0.6 is 11.8 Å². The Morgan fingerprint density at radius 2 is 2.08 bits per heavy atom. The normalized spacial score (nSPS) is 39.8. The number of thioether (sulfide) groups is 1. The number of hydrogen-bond acceptors (Lipinski definition) is 4. The lowest BCUT2D eigenvalue weighted by Gasteiger charge is -2.21. The zero-order valence-corrected chi connectivity index (χ0v) is 8.23. The van der Waals surface area contributed by atoms with Gasteiger partial charge in [0, 0.05) is 4.75 Å². The van der Waals surface area contributed by atoms with Crippen molar-refractivity contribution in [2.75, 3.05) is 0 Å². The Hall–Kier alpha value is -0.260. The van der Waals surface area contributed by atoms with Gasteiger partial charge in [0.05, 0.1) is 0 Å². The molecule has 0 spiro atoms. The van der Waals surface area contributed by atoms with E-state index in [-0.39, 0.29) is 4.75 Å². The molecule has 4 nitrogen and oxygen atoms in total. The topological polar surface area (TPSA) is 75.3 Å². The Balaban J connectivity index is 2.85. The number of nitrogens with two attached hydrogens (primary N) is 1. The molecule has 1 aliphatic heterocycles. The van der Waals surface area contributed by atoms with E-state index >= 15 is 0 Å². The fourth-order valence-electron chi connectivity index (χ4n) is 1.45. The third-order valence-corrected chi connectivity index (χ3v) is 3.15. The van der Waals surface area contributed by atoms with Gasteiger partial charge in [-0.05, 0) is 20.8 Å². The Morgan fingerprint density at radius 3 is 2.25 bits per heavy atom. The van der Waals surface area contributed by atoms with Crippen molar-refractivity contribution in [1.82, 2.24) is 5.32 Å². The fourth-order valence-corrected chi connectivity index (χ4v) is 3.00. The lowest BCUT2D eigenvalue weighted by atomic mass is 10.0. The molecule has 0 saturated carbocycles. The molecule has 1 saturated heterocycles. The summed E-state index contributed by atoms with van der Waals surface area (Å²) >= 11 is 1.45. The molecule has 2 atom stereocenters. The highest BCUT2D eigenvalue weighted by Crippen LogP contribution is 2.41. The third-order valence-electron chi connectivity index (χ3n) is 1.85. The third kappa shape index (κ3) is 1.73. The van der Waals surface area contributed by atoms with Crippen molar-refractivity contribution in [1.29, 1.82) is 0 Å². The molecular weight excluding hydrogens is 176 g/mol. The zero-order chi connectivity index (χ0) is 9.57. The lowest BCUT2D eigenvalue weighted by Crippen LogP contribution is -2.51. The molecule has 1 fully saturated rings. The van der Waals surface area contributed by atoms with Crippen LogP contribution in [0.3, 0.4) is 0 Å². The van der Waals surface area contributed by atoms with Crippen molar-refractivity contribution in [3.8, 4) is 0 Å². The van der Waals surface area contributed by atoms with Gasteiger partial charge in [-0.15, -0.1) is 11.8 Å². The first-order valence-corrected chi connectivity index (χ1v) is 4.56. The van der Waals surface area contributed by atoms with Crippen LogP contribution in [0.5, 0.6) is 0 Å². The van der Waals surface area contributed by atoms with Crippen molar-refractivity contribution in [2.24, 2.45) is 5.73 Å². The fraction of sp³-hybridized carbons (Fsp3) is 0.857. The summed E-state index contributed by atoms with van der Waals surface area (Å²) in [6, 6.07) is -0.572. The SMILES string of the molecule is CC1(N)NC(C(=O)O)C(C)(C)S1. The Morgan fingerprint density at radius 1 is 1.58 bits per heavy atom. The van der Waals surface area contributed by atoms with Crippen molar-refractivity contribution in [3.05, 3.63) is 0 Å². The van der Waals surface area contributed by atoms with E-state index in [1.165, 1.54) is 11.8 Å². The number of aliphatic carboxylic acids is 1. The molecule has 1 aliphatic rings. The standard InChI is InChI=1S/C7H14N2O2S/c1-6(2)4(5(10)11)9-7(3,8)12-6/h4,9H,8H2,1-3H3,(H,10,11). The highest BCUT2D eigenvalue weighted by Gasteiger charge is 2.49. The van der Waals surface area contributed by atoms with Gasteiger partial charge < -0.3 is 10.8 Å². The van der Waals surface area contributed by atoms with Crippen LogP contribution in [0.4, 0.5) is 0 Å². The summed E-state index contributed by atoms with van der Waals surface area (Å²) in [6.45, 7) is 5.53. The van der Waals surface area contributed by atoms with Crippen LogP contribution in [-0.2, 0) is 4.79 Å². The molecule has 1 heterocycles. The molecule has 4 N–H and O–H groups in total. The van der Waals surface area contributed by atoms with Gasteiger partial charge in [0.1, 0.15) is 11.0 Å². The highest BCUT2D eigenvalue weighted by atomic mass is 32.2. The number of nitrogens with one attached hydrogen (secondary N) is 1. The molecule has 0 aliphatic carbocycles. The molecule has 0 bridgehead atoms. The second-order valence-electron chi connectivity index (χ2n) is 3.73. The number of rotatable bonds is 1. The highest BCUT2D eigenvalue weighted by molar-refractivity contribution is 8.02. The lowest BCUT2D eigenvalue weighted by molar-refractivity contribution is -0.140. The van der Waals surface area contributed by atoms with E-state index < -0.39 is 17.0 Å². The van der Waals surface area contributed by atoms with Gasteiger partial charge >= 0.3 is 5.97 Å². The average Bonchev–Trinajstić information content (AvgIpc) is 1.99. The quantitative estimate of drug-likeness (QED) is 0.550. The summed E-state index contributed by atoms with van der Waals surface area (Å²) in [5, 5.41) is 11.7. The van der Waals surface area contributed by atoms with Gasteiger partial charge in [-0.1, -0.05) is 0 Å². The largest absolute Gasteiger partial charge is 0.480 e. The second kappa shape index (κ2) is 2.61. The van der Waals surface area contributed by atoms with Gasteiger partial charge in [0.25, 0.3) is 0 Å². The van der Waals surface area contributed by atoms with Crippen LogP contribution in [0.25, 0.3) is 0 Å². The number of carboxylic acids is 1. The van der Waals surface area contributed by atoms with Crippen LogP contribution in [0.2, 0.25) is 0 Å². The maximum atomic E-state index is 10.8. The summed E-state index contributed by atoms with van der Waals surface area (Å²) in [5.74, 6) is -0.846. The maximum absolute atomic E-state index is 10.8. The summed E-state index contributed by atoms with van der Waals surface area (Å²) in [7, 11) is 0. The maximum Gasteiger partial charge on any atom is 0.322 e. The van der Waals surface area contributed by atoms with E-state index in [0.29, 0.717) is 0 Å². The van der Waals surface area contributed by atoms with Crippen LogP contribution in [0, 0.1) is 0 Å². The number of carboxylic acid groups (broad SMARTS) is 1. The van der Waals surface area contributed by atoms with Crippen molar-refractivity contribution < 1.29 is 9.90 Å². The molecule has 0 aromatic heterocycles. The van der Waals surface area contributed by atoms with E-state index in [0.717, 1.165) is 0 Å². The van der Waals surface area contributed by atoms with Crippen LogP contribution in [-0.4, -0.2) is 26.9 Å². The van der Waals surface area contributed by atoms with Crippen molar-refractivity contribution in [3.63, 3.8) is 0 Å². The summed E-state index contributed by atoms with van der Waals surface area (Å²) in [5.41, 5.74) is 5.77. The molecule has 12 heavy (non-hydrogen) atoms. The van der Waals surface area contributed by atoms with Gasteiger partial charge in [-0.3, -0.25) is 10.1 Å². The summed E-state index contributed by atoms with van der Waals surface area (Å²) in [6.07, 6.45) is 0. The zero-order valence-electron chi connectivity index (χ0n) is 7.42. The van der Waals surface area contributed by atoms with E-state index in [2.05, 4.69) is 5.32 Å². The molecule has 0 aromatic carbocycles. The second-order valence-corrected chi connectivity index (χ2v) is 5.83. The predicted molar refractivity (Wildman–Crippen MR) is 48.8 cm³/mol. The van der Waals surface area contributed by atoms with Crippen LogP contribution in [0.1, 0.15) is 20.8 Å². The van der Waals surface area contributed by atoms with Gasteiger partial charge in [0.15, 0.2) is 0 Å². The minimum atomic E-state index is -0.846. The summed E-state index contributed by atoms with van der Waals surface area (Å²) < 4.78 is -0.352. The smallest absolute Gasteiger partial charge is 0.322 e. The van der Waals surface area contributed by atoms with Crippen molar-refractivity contribution >= 4 is 17.7 Å². The van der Waals surface area contributed by atoms with E-state index in [9.17, 15) is 4.79 Å². The first kappa shape index (κ1) is 9.83. The van der Waals surface area contributed by atoms with Crippen molar-refractivity contribution in [2.45, 2.75) is 36.6 Å². The van der Waals surface area contributed by atoms with E-state index in [1.54, 1.807) is 6.92 Å². The molecule has 70 valence electrons. The number of carbonyl (C=O) groups is 1. The molecule has 1 rings (SSSR count). The van der Waals surface area contributed by atoms with Gasteiger partial charge in [0.2, 0.25) is 0 Å².